The molecule has 0 amide bonds. The van der Waals surface area contributed by atoms with Gasteiger partial charge in [-0.15, -0.1) is 0 Å². The van der Waals surface area contributed by atoms with Crippen molar-refractivity contribution in [1.82, 2.24) is 4.90 Å². The zero-order valence-corrected chi connectivity index (χ0v) is 15.9. The summed E-state index contributed by atoms with van der Waals surface area (Å²) in [6.45, 7) is 0. The first-order chi connectivity index (χ1) is 12.7. The van der Waals surface area contributed by atoms with Gasteiger partial charge in [0.15, 0.2) is 5.50 Å². The number of benzene rings is 3. The van der Waals surface area contributed by atoms with Crippen LogP contribution in [0.25, 0.3) is 0 Å². The minimum absolute atomic E-state index is 0.0746. The van der Waals surface area contributed by atoms with E-state index in [4.69, 9.17) is 4.99 Å². The van der Waals surface area contributed by atoms with Crippen molar-refractivity contribution in [3.8, 4) is 0 Å². The molecule has 1 unspecified atom stereocenters. The van der Waals surface area contributed by atoms with Crippen LogP contribution in [0, 0.1) is 0 Å². The lowest BCUT2D eigenvalue weighted by atomic mass is 9.83. The Balaban J connectivity index is 1.99. The van der Waals surface area contributed by atoms with Crippen molar-refractivity contribution in [3.05, 3.63) is 108 Å². The van der Waals surface area contributed by atoms with Crippen LogP contribution in [0.4, 0.5) is 0 Å². The van der Waals surface area contributed by atoms with Crippen molar-refractivity contribution >= 4 is 17.5 Å². The maximum absolute atomic E-state index is 5.17. The van der Waals surface area contributed by atoms with E-state index in [2.05, 4.69) is 110 Å². The van der Waals surface area contributed by atoms with Crippen LogP contribution >= 0.6 is 11.8 Å². The van der Waals surface area contributed by atoms with Gasteiger partial charge in [0.1, 0.15) is 4.75 Å². The van der Waals surface area contributed by atoms with E-state index in [0.717, 1.165) is 5.71 Å². The molecule has 0 N–H and O–H groups in total. The molecule has 1 aliphatic heterocycles. The van der Waals surface area contributed by atoms with Crippen LogP contribution in [-0.4, -0.2) is 30.2 Å². The molecule has 0 aliphatic carbocycles. The SMILES string of the molecule is CN(C)C1N=C(c2ccccc2)C(c2ccccc2)(c2ccccc2)S1. The smallest absolute Gasteiger partial charge is 0.150 e. The van der Waals surface area contributed by atoms with Gasteiger partial charge in [-0.2, -0.15) is 0 Å². The van der Waals surface area contributed by atoms with Gasteiger partial charge in [0, 0.05) is 0 Å². The quantitative estimate of drug-likeness (QED) is 0.651. The summed E-state index contributed by atoms with van der Waals surface area (Å²) in [5, 5.41) is 0. The fourth-order valence-corrected chi connectivity index (χ4v) is 4.97. The summed E-state index contributed by atoms with van der Waals surface area (Å²) >= 11 is 1.90. The van der Waals surface area contributed by atoms with Crippen LogP contribution in [0.3, 0.4) is 0 Å². The molecule has 0 radical (unpaired) electrons. The molecule has 0 aromatic heterocycles. The maximum atomic E-state index is 5.17. The number of nitrogens with zero attached hydrogens (tertiary/aromatic N) is 2. The lowest BCUT2D eigenvalue weighted by molar-refractivity contribution is 0.395. The normalized spacial score (nSPS) is 18.7. The summed E-state index contributed by atoms with van der Waals surface area (Å²) < 4.78 is -0.321. The number of aliphatic imine (C=N–C) groups is 1. The second-order valence-electron chi connectivity index (χ2n) is 6.66. The van der Waals surface area contributed by atoms with Crippen LogP contribution in [0.5, 0.6) is 0 Å². The Morgan fingerprint density at radius 3 is 1.65 bits per heavy atom. The van der Waals surface area contributed by atoms with E-state index >= 15 is 0 Å². The molecular weight excluding hydrogens is 336 g/mol. The molecule has 2 nitrogen and oxygen atoms in total. The molecule has 0 spiro atoms. The largest absolute Gasteiger partial charge is 0.280 e. The molecule has 3 heteroatoms. The topological polar surface area (TPSA) is 15.6 Å². The molecule has 0 bridgehead atoms. The van der Waals surface area contributed by atoms with Crippen molar-refractivity contribution in [2.45, 2.75) is 10.2 Å². The molecule has 0 saturated carbocycles. The Hall–Kier alpha value is -2.36. The van der Waals surface area contributed by atoms with Gasteiger partial charge in [-0.05, 0) is 30.8 Å². The molecule has 26 heavy (non-hydrogen) atoms. The van der Waals surface area contributed by atoms with Gasteiger partial charge in [-0.1, -0.05) is 103 Å². The summed E-state index contributed by atoms with van der Waals surface area (Å²) in [6, 6.07) is 32.1. The van der Waals surface area contributed by atoms with Crippen LogP contribution in [0.15, 0.2) is 96.0 Å². The zero-order chi connectivity index (χ0) is 18.0. The molecule has 1 atom stereocenters. The number of thioether (sulfide) groups is 1. The summed E-state index contributed by atoms with van der Waals surface area (Å²) in [5.41, 5.74) is 4.91. The van der Waals surface area contributed by atoms with Crippen molar-refractivity contribution in [3.63, 3.8) is 0 Å². The third-order valence-electron chi connectivity index (χ3n) is 4.70. The summed E-state index contributed by atoms with van der Waals surface area (Å²) in [4.78, 5) is 7.35. The predicted molar refractivity (Wildman–Crippen MR) is 112 cm³/mol. The number of hydrogen-bond acceptors (Lipinski definition) is 3. The highest BCUT2D eigenvalue weighted by Gasteiger charge is 2.47. The first-order valence-corrected chi connectivity index (χ1v) is 9.69. The van der Waals surface area contributed by atoms with E-state index in [-0.39, 0.29) is 10.2 Å². The molecule has 1 heterocycles. The van der Waals surface area contributed by atoms with Gasteiger partial charge >= 0.3 is 0 Å². The fraction of sp³-hybridized carbons (Fsp3) is 0.174. The van der Waals surface area contributed by atoms with Crippen molar-refractivity contribution in [2.75, 3.05) is 14.1 Å². The van der Waals surface area contributed by atoms with Crippen molar-refractivity contribution < 1.29 is 0 Å². The predicted octanol–water partition coefficient (Wildman–Crippen LogP) is 5.01. The van der Waals surface area contributed by atoms with Gasteiger partial charge in [-0.3, -0.25) is 9.89 Å². The first kappa shape index (κ1) is 17.1. The first-order valence-electron chi connectivity index (χ1n) is 8.81. The highest BCUT2D eigenvalue weighted by molar-refractivity contribution is 8.02. The van der Waals surface area contributed by atoms with E-state index in [1.807, 2.05) is 11.8 Å². The number of hydrogen-bond donors (Lipinski definition) is 0. The minimum atomic E-state index is -0.321. The van der Waals surface area contributed by atoms with E-state index in [1.165, 1.54) is 16.7 Å². The van der Waals surface area contributed by atoms with Gasteiger partial charge in [-0.25, -0.2) is 0 Å². The van der Waals surface area contributed by atoms with Crippen LogP contribution in [0.2, 0.25) is 0 Å². The highest BCUT2D eigenvalue weighted by atomic mass is 32.2. The third kappa shape index (κ3) is 2.87. The average Bonchev–Trinajstić information content (AvgIpc) is 3.12. The molecule has 4 rings (SSSR count). The molecule has 1 aliphatic rings. The molecule has 0 fully saturated rings. The lowest BCUT2D eigenvalue weighted by Crippen LogP contribution is -2.32. The monoisotopic (exact) mass is 358 g/mol. The summed E-state index contributed by atoms with van der Waals surface area (Å²) in [6.07, 6.45) is 0. The maximum Gasteiger partial charge on any atom is 0.150 e. The minimum Gasteiger partial charge on any atom is -0.280 e. The van der Waals surface area contributed by atoms with E-state index < -0.39 is 0 Å². The second-order valence-corrected chi connectivity index (χ2v) is 7.93. The Morgan fingerprint density at radius 1 is 0.731 bits per heavy atom. The molecular formula is C23H22N2S. The Morgan fingerprint density at radius 2 is 1.19 bits per heavy atom. The lowest BCUT2D eigenvalue weighted by Gasteiger charge is -2.32. The molecule has 3 aromatic rings. The number of rotatable bonds is 4. The van der Waals surface area contributed by atoms with Crippen LogP contribution < -0.4 is 0 Å². The van der Waals surface area contributed by atoms with Gasteiger partial charge in [0.05, 0.1) is 5.71 Å². The van der Waals surface area contributed by atoms with Gasteiger partial charge < -0.3 is 0 Å². The van der Waals surface area contributed by atoms with Crippen LogP contribution in [-0.2, 0) is 4.75 Å². The Labute approximate surface area is 159 Å². The average molecular weight is 359 g/mol. The van der Waals surface area contributed by atoms with E-state index in [1.54, 1.807) is 0 Å². The standard InChI is InChI=1S/C23H22N2S/c1-25(2)22-24-21(18-12-6-3-7-13-18)23(26-22,19-14-8-4-9-15-19)20-16-10-5-11-17-20/h3-17,22H,1-2H3. The summed E-state index contributed by atoms with van der Waals surface area (Å²) in [5.74, 6) is 0. The Kier molecular flexibility index (Phi) is 4.66. The highest BCUT2D eigenvalue weighted by Crippen LogP contribution is 2.52. The third-order valence-corrected chi connectivity index (χ3v) is 6.46. The molecule has 130 valence electrons. The van der Waals surface area contributed by atoms with Gasteiger partial charge in [0.25, 0.3) is 0 Å². The molecule has 0 saturated heterocycles. The fourth-order valence-electron chi connectivity index (χ4n) is 3.46. The van der Waals surface area contributed by atoms with Crippen LogP contribution in [0.1, 0.15) is 16.7 Å². The Bertz CT molecular complexity index is 850. The van der Waals surface area contributed by atoms with Crippen molar-refractivity contribution in [2.24, 2.45) is 4.99 Å². The van der Waals surface area contributed by atoms with Gasteiger partial charge in [0.2, 0.25) is 0 Å². The second kappa shape index (κ2) is 7.10. The van der Waals surface area contributed by atoms with E-state index in [9.17, 15) is 0 Å². The zero-order valence-electron chi connectivity index (χ0n) is 15.0. The summed E-state index contributed by atoms with van der Waals surface area (Å²) in [7, 11) is 4.19. The van der Waals surface area contributed by atoms with Crippen molar-refractivity contribution in [1.29, 1.82) is 0 Å². The van der Waals surface area contributed by atoms with E-state index in [0.29, 0.717) is 0 Å². The molecule has 3 aromatic carbocycles.